The van der Waals surface area contributed by atoms with Gasteiger partial charge in [-0.3, -0.25) is 57.5 Å². The van der Waals surface area contributed by atoms with Crippen molar-refractivity contribution in [1.29, 1.82) is 0 Å². The molecule has 9 amide bonds. The van der Waals surface area contributed by atoms with E-state index in [-0.39, 0.29) is 51.7 Å². The van der Waals surface area contributed by atoms with E-state index in [2.05, 4.69) is 47.2 Å². The molecular weight excluding hydrogens is 993 g/mol. The number of amides is 9. The van der Waals surface area contributed by atoms with Gasteiger partial charge in [-0.15, -0.1) is 0 Å². The van der Waals surface area contributed by atoms with Crippen LogP contribution in [0, 0.1) is 5.92 Å². The van der Waals surface area contributed by atoms with E-state index in [1.807, 2.05) is 5.32 Å². The number of nitrogens with one attached hydrogen (secondary N) is 8. The molecule has 0 aliphatic rings. The highest BCUT2D eigenvalue weighted by molar-refractivity contribution is 5.99. The third kappa shape index (κ3) is 29.3. The fourth-order valence-electron chi connectivity index (χ4n) is 7.12. The maximum Gasteiger partial charge on any atom is 0.305 e. The molecule has 0 aromatic rings. The summed E-state index contributed by atoms with van der Waals surface area (Å²) in [4.78, 5) is 158. The number of primary amides is 1. The van der Waals surface area contributed by atoms with Crippen LogP contribution in [0.3, 0.4) is 0 Å². The molecule has 0 aromatic heterocycles. The van der Waals surface area contributed by atoms with Crippen LogP contribution in [0.4, 0.5) is 0 Å². The van der Waals surface area contributed by atoms with Crippen LogP contribution in [0.1, 0.15) is 117 Å². The molecule has 424 valence electrons. The lowest BCUT2D eigenvalue weighted by atomic mass is 10.0. The van der Waals surface area contributed by atoms with Gasteiger partial charge in [0.15, 0.2) is 0 Å². The second kappa shape index (κ2) is 38.4. The second-order valence-corrected chi connectivity index (χ2v) is 17.8. The minimum atomic E-state index is -1.93. The van der Waals surface area contributed by atoms with E-state index in [9.17, 15) is 72.9 Å². The molecule has 31 nitrogen and oxygen atoms in total. The van der Waals surface area contributed by atoms with E-state index in [0.29, 0.717) is 51.5 Å². The third-order valence-electron chi connectivity index (χ3n) is 11.2. The van der Waals surface area contributed by atoms with Gasteiger partial charge >= 0.3 is 17.9 Å². The van der Waals surface area contributed by atoms with E-state index in [1.165, 1.54) is 13.8 Å². The number of unbranched alkanes of at least 4 members (excludes halogenated alkanes) is 4. The summed E-state index contributed by atoms with van der Waals surface area (Å²) >= 11 is 0. The van der Waals surface area contributed by atoms with Crippen LogP contribution in [-0.4, -0.2) is 167 Å². The topological polar surface area (TPSA) is 541 Å². The minimum absolute atomic E-state index is 0.00240. The highest BCUT2D eigenvalue weighted by Crippen LogP contribution is 2.12. The molecule has 0 heterocycles. The van der Waals surface area contributed by atoms with Crippen molar-refractivity contribution in [2.24, 2.45) is 39.7 Å². The van der Waals surface area contributed by atoms with Crippen LogP contribution in [0.2, 0.25) is 0 Å². The normalized spacial score (nSPS) is 14.1. The van der Waals surface area contributed by atoms with Gasteiger partial charge < -0.3 is 86.5 Å². The van der Waals surface area contributed by atoms with Crippen LogP contribution < -0.4 is 71.2 Å². The van der Waals surface area contributed by atoms with Crippen molar-refractivity contribution >= 4 is 71.1 Å². The number of nitrogens with zero attached hydrogens (tertiary/aromatic N) is 3. The van der Waals surface area contributed by atoms with Gasteiger partial charge in [-0.05, 0) is 121 Å². The van der Waals surface area contributed by atoms with E-state index in [4.69, 9.17) is 34.2 Å². The number of hydrogen-bond donors (Lipinski definition) is 16. The average molecular weight is 1070 g/mol. The zero-order valence-electron chi connectivity index (χ0n) is 42.5. The number of aliphatic carboxylic acids is 3. The summed E-state index contributed by atoms with van der Waals surface area (Å²) in [6.45, 7) is 3.04. The smallest absolute Gasteiger partial charge is 0.305 e. The maximum absolute atomic E-state index is 14.1. The molecule has 0 saturated heterocycles. The van der Waals surface area contributed by atoms with Gasteiger partial charge in [0.1, 0.15) is 54.9 Å². The third-order valence-corrected chi connectivity index (χ3v) is 11.2. The summed E-state index contributed by atoms with van der Waals surface area (Å²) in [5.41, 5.74) is 36.7. The van der Waals surface area contributed by atoms with Crippen LogP contribution in [0.15, 0.2) is 5.11 Å². The van der Waals surface area contributed by atoms with E-state index in [0.717, 1.165) is 0 Å². The molecule has 0 radical (unpaired) electrons. The Balaban J connectivity index is 6.76. The lowest BCUT2D eigenvalue weighted by molar-refractivity contribution is -0.142. The van der Waals surface area contributed by atoms with Crippen LogP contribution in [0.25, 0.3) is 10.4 Å². The summed E-state index contributed by atoms with van der Waals surface area (Å²) in [5.74, 6) is -14.6. The number of carboxylic acids is 3. The van der Waals surface area contributed by atoms with Gasteiger partial charge in [-0.2, -0.15) is 0 Å². The molecule has 31 heteroatoms. The number of rotatable bonds is 42. The zero-order valence-corrected chi connectivity index (χ0v) is 42.5. The highest BCUT2D eigenvalue weighted by atomic mass is 16.4. The van der Waals surface area contributed by atoms with Crippen molar-refractivity contribution in [1.82, 2.24) is 42.5 Å². The molecule has 0 unspecified atom stereocenters. The molecule has 0 aromatic carbocycles. The molecule has 0 fully saturated rings. The van der Waals surface area contributed by atoms with Crippen LogP contribution in [-0.2, 0) is 57.5 Å². The lowest BCUT2D eigenvalue weighted by Gasteiger charge is -2.29. The fourth-order valence-corrected chi connectivity index (χ4v) is 7.12. The summed E-state index contributed by atoms with van der Waals surface area (Å²) in [7, 11) is 0. The van der Waals surface area contributed by atoms with Crippen molar-refractivity contribution in [2.45, 2.75) is 165 Å². The summed E-state index contributed by atoms with van der Waals surface area (Å²) in [5, 5.41) is 50.5. The standard InChI is InChI=1S/C44H78N16O15/c1-24(2)36(59-41(72)29(15-16-33(62)63)57-42(73)30(21-34(64)65)52-32(61)23-51-60-50)44(75)58-31(22-35(66)67)43(74)56-28(14-6-10-20-48)40(71)55-27(13-5-9-19-47)39(70)54-26(12-4-8-18-46)38(69)53-25(37(49)68)11-3-7-17-45/h24-31,36H,3-23,45-48H2,1-2H3,(H2,49,68)(H,52,61)(H,53,69)(H,54,70)(H,55,71)(H,56,74)(H,57,73)(H,58,75)(H,59,72)(H,62,63)(H,64,65)(H,66,67)/t25-,26-,27-,28-,29-,30-,31-,36-/m0/s1. The molecule has 21 N–H and O–H groups in total. The Morgan fingerprint density at radius 3 is 1.09 bits per heavy atom. The van der Waals surface area contributed by atoms with Crippen molar-refractivity contribution in [3.8, 4) is 0 Å². The predicted molar refractivity (Wildman–Crippen MR) is 266 cm³/mol. The Hall–Kier alpha value is -7.21. The Bertz CT molecular complexity index is 1970. The molecule has 0 aliphatic carbocycles. The van der Waals surface area contributed by atoms with Gasteiger partial charge in [0.25, 0.3) is 0 Å². The predicted octanol–water partition coefficient (Wildman–Crippen LogP) is -4.35. The van der Waals surface area contributed by atoms with Gasteiger partial charge in [0.2, 0.25) is 53.2 Å². The first-order chi connectivity index (χ1) is 35.5. The lowest BCUT2D eigenvalue weighted by Crippen LogP contribution is -2.61. The largest absolute Gasteiger partial charge is 0.481 e. The van der Waals surface area contributed by atoms with E-state index in [1.54, 1.807) is 0 Å². The number of carbonyl (C=O) groups is 12. The number of azide groups is 1. The van der Waals surface area contributed by atoms with Gasteiger partial charge in [0.05, 0.1) is 12.8 Å². The Kier molecular flexibility index (Phi) is 34.7. The Morgan fingerprint density at radius 1 is 0.440 bits per heavy atom. The fraction of sp³-hybridized carbons (Fsp3) is 0.727. The van der Waals surface area contributed by atoms with Crippen molar-refractivity contribution in [3.63, 3.8) is 0 Å². The quantitative estimate of drug-likeness (QED) is 0.0119. The van der Waals surface area contributed by atoms with Crippen LogP contribution in [0.5, 0.6) is 0 Å². The molecule has 0 bridgehead atoms. The molecule has 75 heavy (non-hydrogen) atoms. The SMILES string of the molecule is CC(C)[C@H](NC(=O)[C@H](CCC(=O)O)NC(=O)[C@H](CC(=O)O)NC(=O)CN=[N+]=[N-])C(=O)N[C@@H](CC(=O)O)C(=O)N[C@@H](CCCCN)C(=O)N[C@@H](CCCCN)C(=O)N[C@@H](CCCCN)C(=O)N[C@@H](CCCCN)C(N)=O. The zero-order chi connectivity index (χ0) is 57.0. The number of hydrogen-bond acceptors (Lipinski definition) is 17. The number of nitrogens with two attached hydrogens (primary N) is 5. The van der Waals surface area contributed by atoms with Crippen molar-refractivity contribution < 1.29 is 72.9 Å². The summed E-state index contributed by atoms with van der Waals surface area (Å²) in [6.07, 6.45) is -0.108. The molecule has 0 spiro atoms. The van der Waals surface area contributed by atoms with Gasteiger partial charge in [0, 0.05) is 11.3 Å². The second-order valence-electron chi connectivity index (χ2n) is 17.8. The monoisotopic (exact) mass is 1070 g/mol. The molecule has 8 atom stereocenters. The molecular formula is C44H78N16O15. The van der Waals surface area contributed by atoms with Crippen molar-refractivity contribution in [3.05, 3.63) is 10.4 Å². The Labute approximate surface area is 433 Å². The van der Waals surface area contributed by atoms with E-state index >= 15 is 0 Å². The van der Waals surface area contributed by atoms with Crippen LogP contribution >= 0.6 is 0 Å². The van der Waals surface area contributed by atoms with Gasteiger partial charge in [-0.1, -0.05) is 19.0 Å². The maximum atomic E-state index is 14.1. The summed E-state index contributed by atoms with van der Waals surface area (Å²) in [6, 6.07) is -12.3. The number of carboxylic acid groups (broad SMARTS) is 3. The minimum Gasteiger partial charge on any atom is -0.481 e. The number of carbonyl (C=O) groups excluding carboxylic acids is 9. The average Bonchev–Trinajstić information content (AvgIpc) is 3.33. The highest BCUT2D eigenvalue weighted by Gasteiger charge is 2.36. The Morgan fingerprint density at radius 2 is 0.760 bits per heavy atom. The first-order valence-corrected chi connectivity index (χ1v) is 24.6. The molecule has 0 rings (SSSR count). The summed E-state index contributed by atoms with van der Waals surface area (Å²) < 4.78 is 0. The first-order valence-electron chi connectivity index (χ1n) is 24.6. The van der Waals surface area contributed by atoms with E-state index < -0.39 is 158 Å². The van der Waals surface area contributed by atoms with Crippen molar-refractivity contribution in [2.75, 3.05) is 32.7 Å². The van der Waals surface area contributed by atoms with Gasteiger partial charge in [-0.25, -0.2) is 0 Å². The molecule has 0 saturated carbocycles. The molecule has 0 aliphatic heterocycles. The first kappa shape index (κ1) is 67.8.